The third-order valence-corrected chi connectivity index (χ3v) is 5.02. The maximum atomic E-state index is 12.1. The Labute approximate surface area is 161 Å². The number of rotatable bonds is 8. The number of aliphatic hydroxyl groups excluding tert-OH is 1. The van der Waals surface area contributed by atoms with Crippen LogP contribution in [0.25, 0.3) is 0 Å². The Morgan fingerprint density at radius 3 is 2.37 bits per heavy atom. The molecule has 2 aromatic rings. The minimum atomic E-state index is -0.419. The summed E-state index contributed by atoms with van der Waals surface area (Å²) in [6, 6.07) is 19.4. The van der Waals surface area contributed by atoms with Crippen LogP contribution in [0.4, 0.5) is 0 Å². The van der Waals surface area contributed by atoms with Gasteiger partial charge in [-0.2, -0.15) is 0 Å². The Balaban J connectivity index is 1.32. The van der Waals surface area contributed by atoms with Crippen LogP contribution < -0.4 is 10.1 Å². The molecule has 5 heteroatoms. The number of aliphatic hydroxyl groups is 1. The van der Waals surface area contributed by atoms with E-state index in [2.05, 4.69) is 10.2 Å². The zero-order valence-electron chi connectivity index (χ0n) is 15.6. The summed E-state index contributed by atoms with van der Waals surface area (Å²) in [5.41, 5.74) is 0.979. The molecule has 1 aliphatic heterocycles. The topological polar surface area (TPSA) is 61.8 Å². The number of amides is 1. The van der Waals surface area contributed by atoms with E-state index in [9.17, 15) is 9.90 Å². The summed E-state index contributed by atoms with van der Waals surface area (Å²) in [5, 5.41) is 13.4. The second-order valence-electron chi connectivity index (χ2n) is 6.98. The Morgan fingerprint density at radius 1 is 1.07 bits per heavy atom. The fourth-order valence-electron chi connectivity index (χ4n) is 3.48. The predicted molar refractivity (Wildman–Crippen MR) is 106 cm³/mol. The third-order valence-electron chi connectivity index (χ3n) is 5.02. The van der Waals surface area contributed by atoms with Crippen LogP contribution >= 0.6 is 0 Å². The SMILES string of the molecule is O=C(CN1CCC(C(O)c2ccccc2)CC1)NCCOc1ccccc1. The molecule has 2 aromatic carbocycles. The van der Waals surface area contributed by atoms with Crippen LogP contribution in [0.3, 0.4) is 0 Å². The first kappa shape index (κ1) is 19.4. The smallest absolute Gasteiger partial charge is 0.234 e. The van der Waals surface area contributed by atoms with E-state index in [1.54, 1.807) is 0 Å². The molecular weight excluding hydrogens is 340 g/mol. The zero-order valence-corrected chi connectivity index (χ0v) is 15.6. The molecule has 2 N–H and O–H groups in total. The number of nitrogens with one attached hydrogen (secondary N) is 1. The van der Waals surface area contributed by atoms with E-state index in [0.29, 0.717) is 19.7 Å². The number of para-hydroxylation sites is 1. The van der Waals surface area contributed by atoms with Gasteiger partial charge in [0.25, 0.3) is 0 Å². The van der Waals surface area contributed by atoms with Crippen molar-refractivity contribution in [2.24, 2.45) is 5.92 Å². The fourth-order valence-corrected chi connectivity index (χ4v) is 3.48. The molecule has 3 rings (SSSR count). The lowest BCUT2D eigenvalue weighted by Gasteiger charge is -2.34. The molecule has 0 saturated carbocycles. The number of carbonyl (C=O) groups is 1. The monoisotopic (exact) mass is 368 g/mol. The van der Waals surface area contributed by atoms with Gasteiger partial charge in [-0.1, -0.05) is 48.5 Å². The van der Waals surface area contributed by atoms with Crippen LogP contribution in [0.2, 0.25) is 0 Å². The molecule has 1 heterocycles. The van der Waals surface area contributed by atoms with E-state index in [-0.39, 0.29) is 11.8 Å². The second-order valence-corrected chi connectivity index (χ2v) is 6.98. The van der Waals surface area contributed by atoms with Crippen LogP contribution in [-0.2, 0) is 4.79 Å². The van der Waals surface area contributed by atoms with Crippen molar-refractivity contribution in [3.8, 4) is 5.75 Å². The lowest BCUT2D eigenvalue weighted by molar-refractivity contribution is -0.122. The minimum Gasteiger partial charge on any atom is -0.492 e. The number of likely N-dealkylation sites (tertiary alicyclic amines) is 1. The van der Waals surface area contributed by atoms with Crippen molar-refractivity contribution >= 4 is 5.91 Å². The highest BCUT2D eigenvalue weighted by Crippen LogP contribution is 2.30. The number of hydrogen-bond acceptors (Lipinski definition) is 4. The second kappa shape index (κ2) is 10.1. The van der Waals surface area contributed by atoms with Gasteiger partial charge in [-0.3, -0.25) is 9.69 Å². The summed E-state index contributed by atoms with van der Waals surface area (Å²) in [7, 11) is 0. The van der Waals surface area contributed by atoms with Crippen molar-refractivity contribution in [2.45, 2.75) is 18.9 Å². The summed E-state index contributed by atoms with van der Waals surface area (Å²) < 4.78 is 5.57. The van der Waals surface area contributed by atoms with E-state index < -0.39 is 6.10 Å². The third kappa shape index (κ3) is 6.08. The first-order valence-corrected chi connectivity index (χ1v) is 9.62. The fraction of sp³-hybridized carbons (Fsp3) is 0.409. The average Bonchev–Trinajstić information content (AvgIpc) is 2.73. The first-order valence-electron chi connectivity index (χ1n) is 9.62. The van der Waals surface area contributed by atoms with Gasteiger partial charge in [0.1, 0.15) is 12.4 Å². The molecule has 1 saturated heterocycles. The summed E-state index contributed by atoms with van der Waals surface area (Å²) in [6.45, 7) is 3.03. The number of nitrogens with zero attached hydrogens (tertiary/aromatic N) is 1. The van der Waals surface area contributed by atoms with Gasteiger partial charge < -0.3 is 15.2 Å². The van der Waals surface area contributed by atoms with Crippen LogP contribution in [-0.4, -0.2) is 48.7 Å². The molecule has 5 nitrogen and oxygen atoms in total. The maximum Gasteiger partial charge on any atom is 0.234 e. The molecule has 1 unspecified atom stereocenters. The van der Waals surface area contributed by atoms with Crippen molar-refractivity contribution in [2.75, 3.05) is 32.8 Å². The number of carbonyl (C=O) groups excluding carboxylic acids is 1. The van der Waals surface area contributed by atoms with Crippen molar-refractivity contribution in [1.82, 2.24) is 10.2 Å². The normalized spacial score (nSPS) is 16.6. The van der Waals surface area contributed by atoms with Gasteiger partial charge in [-0.25, -0.2) is 0 Å². The Morgan fingerprint density at radius 2 is 1.70 bits per heavy atom. The zero-order chi connectivity index (χ0) is 18.9. The van der Waals surface area contributed by atoms with Crippen LogP contribution in [0.5, 0.6) is 5.75 Å². The molecule has 1 fully saturated rings. The standard InChI is InChI=1S/C22H28N2O3/c25-21(23-13-16-27-20-9-5-2-6-10-20)17-24-14-11-19(12-15-24)22(26)18-7-3-1-4-8-18/h1-10,19,22,26H,11-17H2,(H,23,25). The predicted octanol–water partition coefficient (Wildman–Crippen LogP) is 2.63. The quantitative estimate of drug-likeness (QED) is 0.703. The maximum absolute atomic E-state index is 12.1. The molecular formula is C22H28N2O3. The van der Waals surface area contributed by atoms with E-state index in [1.807, 2.05) is 60.7 Å². The van der Waals surface area contributed by atoms with Crippen molar-refractivity contribution in [3.05, 3.63) is 66.2 Å². The average molecular weight is 368 g/mol. The molecule has 27 heavy (non-hydrogen) atoms. The van der Waals surface area contributed by atoms with E-state index in [4.69, 9.17) is 4.74 Å². The molecule has 0 aromatic heterocycles. The lowest BCUT2D eigenvalue weighted by Crippen LogP contribution is -2.43. The summed E-state index contributed by atoms with van der Waals surface area (Å²) in [6.07, 6.45) is 1.39. The lowest BCUT2D eigenvalue weighted by atomic mass is 9.87. The minimum absolute atomic E-state index is 0.0220. The number of ether oxygens (including phenoxy) is 1. The molecule has 0 aliphatic carbocycles. The van der Waals surface area contributed by atoms with Crippen LogP contribution in [0.15, 0.2) is 60.7 Å². The van der Waals surface area contributed by atoms with Gasteiger partial charge in [0.15, 0.2) is 0 Å². The van der Waals surface area contributed by atoms with Crippen molar-refractivity contribution < 1.29 is 14.6 Å². The van der Waals surface area contributed by atoms with Crippen molar-refractivity contribution in [1.29, 1.82) is 0 Å². The van der Waals surface area contributed by atoms with Gasteiger partial charge in [0, 0.05) is 0 Å². The molecule has 1 aliphatic rings. The highest BCUT2D eigenvalue weighted by Gasteiger charge is 2.26. The van der Waals surface area contributed by atoms with E-state index in [0.717, 1.165) is 37.2 Å². The highest BCUT2D eigenvalue weighted by molar-refractivity contribution is 5.78. The van der Waals surface area contributed by atoms with Crippen LogP contribution in [0.1, 0.15) is 24.5 Å². The Bertz CT molecular complexity index is 685. The van der Waals surface area contributed by atoms with Gasteiger partial charge in [-0.15, -0.1) is 0 Å². The largest absolute Gasteiger partial charge is 0.492 e. The van der Waals surface area contributed by atoms with E-state index in [1.165, 1.54) is 0 Å². The van der Waals surface area contributed by atoms with Crippen molar-refractivity contribution in [3.63, 3.8) is 0 Å². The Hall–Kier alpha value is -2.37. The number of hydrogen-bond donors (Lipinski definition) is 2. The number of piperidine rings is 1. The number of benzene rings is 2. The Kier molecular flexibility index (Phi) is 7.25. The molecule has 144 valence electrons. The summed E-state index contributed by atoms with van der Waals surface area (Å²) in [4.78, 5) is 14.3. The van der Waals surface area contributed by atoms with Crippen LogP contribution in [0, 0.1) is 5.92 Å². The first-order chi connectivity index (χ1) is 13.2. The van der Waals surface area contributed by atoms with Gasteiger partial charge in [0.2, 0.25) is 5.91 Å². The summed E-state index contributed by atoms with van der Waals surface area (Å²) in [5.74, 6) is 1.09. The van der Waals surface area contributed by atoms with Gasteiger partial charge in [0.05, 0.1) is 19.2 Å². The molecule has 1 amide bonds. The van der Waals surface area contributed by atoms with Gasteiger partial charge in [-0.05, 0) is 49.5 Å². The molecule has 1 atom stereocenters. The molecule has 0 bridgehead atoms. The molecule has 0 radical (unpaired) electrons. The highest BCUT2D eigenvalue weighted by atomic mass is 16.5. The summed E-state index contributed by atoms with van der Waals surface area (Å²) >= 11 is 0. The molecule has 0 spiro atoms. The van der Waals surface area contributed by atoms with Gasteiger partial charge >= 0.3 is 0 Å². The van der Waals surface area contributed by atoms with E-state index >= 15 is 0 Å².